The minimum absolute atomic E-state index is 0.236. The van der Waals surface area contributed by atoms with Gasteiger partial charge in [-0.15, -0.1) is 0 Å². The van der Waals surface area contributed by atoms with Crippen molar-refractivity contribution >= 4 is 10.8 Å². The summed E-state index contributed by atoms with van der Waals surface area (Å²) >= 11 is 0. The molecule has 0 bridgehead atoms. The number of ether oxygens (including phenoxy) is 4. The van der Waals surface area contributed by atoms with Crippen molar-refractivity contribution in [3.8, 4) is 23.0 Å². The monoisotopic (exact) mass is 448 g/mol. The molecule has 1 N–H and O–H groups in total. The van der Waals surface area contributed by atoms with E-state index < -0.39 is 0 Å². The van der Waals surface area contributed by atoms with Gasteiger partial charge in [0.2, 0.25) is 0 Å². The Labute approximate surface area is 189 Å². The lowest BCUT2D eigenvalue weighted by molar-refractivity contribution is 0.256. The van der Waals surface area contributed by atoms with E-state index in [9.17, 15) is 9.59 Å². The second-order valence-corrected chi connectivity index (χ2v) is 7.42. The lowest BCUT2D eigenvalue weighted by Gasteiger charge is -2.15. The first-order chi connectivity index (χ1) is 16.0. The van der Waals surface area contributed by atoms with Crippen molar-refractivity contribution < 1.29 is 18.9 Å². The van der Waals surface area contributed by atoms with E-state index in [0.717, 1.165) is 27.3 Å². The molecular weight excluding hydrogens is 424 g/mol. The van der Waals surface area contributed by atoms with Gasteiger partial charge in [-0.1, -0.05) is 24.3 Å². The first kappa shape index (κ1) is 22.0. The molecule has 0 saturated carbocycles. The summed E-state index contributed by atoms with van der Waals surface area (Å²) in [5, 5.41) is 3.00. The fourth-order valence-electron chi connectivity index (χ4n) is 3.36. The third-order valence-electron chi connectivity index (χ3n) is 5.24. The Hall–Kier alpha value is -4.20. The fourth-order valence-corrected chi connectivity index (χ4v) is 3.36. The van der Waals surface area contributed by atoms with E-state index in [2.05, 4.69) is 5.10 Å². The van der Waals surface area contributed by atoms with Crippen LogP contribution in [-0.2, 0) is 20.3 Å². The Kier molecular flexibility index (Phi) is 6.35. The zero-order valence-corrected chi connectivity index (χ0v) is 18.6. The van der Waals surface area contributed by atoms with E-state index in [1.807, 2.05) is 48.5 Å². The topological polar surface area (TPSA) is 91.8 Å². The van der Waals surface area contributed by atoms with Crippen LogP contribution in [0.25, 0.3) is 10.8 Å². The molecule has 0 aliphatic heterocycles. The van der Waals surface area contributed by atoms with Crippen molar-refractivity contribution in [2.75, 3.05) is 14.2 Å². The number of hydrogen-bond acceptors (Lipinski definition) is 6. The van der Waals surface area contributed by atoms with Gasteiger partial charge in [-0.2, -0.15) is 0 Å². The summed E-state index contributed by atoms with van der Waals surface area (Å²) in [7, 11) is 4.71. The van der Waals surface area contributed by atoms with Crippen molar-refractivity contribution in [1.29, 1.82) is 0 Å². The number of aryl methyl sites for hydroxylation is 1. The number of nitrogens with zero attached hydrogens (tertiary/aromatic N) is 1. The Bertz CT molecular complexity index is 1370. The molecule has 170 valence electrons. The van der Waals surface area contributed by atoms with Crippen LogP contribution in [0, 0.1) is 0 Å². The van der Waals surface area contributed by atoms with Crippen LogP contribution in [-0.4, -0.2) is 24.0 Å². The van der Waals surface area contributed by atoms with E-state index in [1.54, 1.807) is 26.4 Å². The lowest BCUT2D eigenvalue weighted by Crippen LogP contribution is -2.27. The van der Waals surface area contributed by atoms with Gasteiger partial charge < -0.3 is 18.9 Å². The van der Waals surface area contributed by atoms with Gasteiger partial charge in [0.15, 0.2) is 11.5 Å². The van der Waals surface area contributed by atoms with E-state index >= 15 is 0 Å². The minimum atomic E-state index is -0.386. The smallest absolute Gasteiger partial charge is 0.272 e. The molecule has 33 heavy (non-hydrogen) atoms. The molecule has 4 aromatic rings. The van der Waals surface area contributed by atoms with Crippen LogP contribution < -0.4 is 30.1 Å². The molecule has 0 amide bonds. The highest BCUT2D eigenvalue weighted by Crippen LogP contribution is 2.32. The molecule has 3 aromatic carbocycles. The lowest BCUT2D eigenvalue weighted by atomic mass is 10.1. The van der Waals surface area contributed by atoms with E-state index in [-0.39, 0.29) is 35.1 Å². The van der Waals surface area contributed by atoms with Crippen LogP contribution in [0.2, 0.25) is 0 Å². The van der Waals surface area contributed by atoms with E-state index in [1.165, 1.54) is 7.05 Å². The van der Waals surface area contributed by atoms with Crippen molar-refractivity contribution in [2.24, 2.45) is 7.05 Å². The molecule has 0 spiro atoms. The summed E-state index contributed by atoms with van der Waals surface area (Å²) in [6.45, 7) is 0.495. The van der Waals surface area contributed by atoms with Gasteiger partial charge in [0.25, 0.3) is 11.1 Å². The predicted octanol–water partition coefficient (Wildman–Crippen LogP) is 3.40. The highest BCUT2D eigenvalue weighted by molar-refractivity contribution is 5.84. The highest BCUT2D eigenvalue weighted by Gasteiger charge is 2.14. The molecule has 0 atom stereocenters. The first-order valence-corrected chi connectivity index (χ1v) is 10.3. The standard InChI is InChI=1S/C25H24N2O6/c1-27-25(29)21-13-23(33-15-17-6-10-19(31-3)11-7-17)22(12-20(21)24(28)26-27)32-14-16-4-8-18(30-2)9-5-16/h4-13H,14-15H2,1-3H3,(H,26,28). The second-order valence-electron chi connectivity index (χ2n) is 7.42. The van der Waals surface area contributed by atoms with Crippen LogP contribution in [0.4, 0.5) is 0 Å². The average Bonchev–Trinajstić information content (AvgIpc) is 2.85. The maximum Gasteiger partial charge on any atom is 0.272 e. The summed E-state index contributed by atoms with van der Waals surface area (Å²) in [5.74, 6) is 2.23. The zero-order valence-electron chi connectivity index (χ0n) is 18.6. The van der Waals surface area contributed by atoms with Gasteiger partial charge in [-0.3, -0.25) is 19.4 Å². The molecule has 8 heteroatoms. The summed E-state index contributed by atoms with van der Waals surface area (Å²) in [6.07, 6.45) is 0. The predicted molar refractivity (Wildman–Crippen MR) is 124 cm³/mol. The number of benzene rings is 3. The summed E-state index contributed by atoms with van der Waals surface area (Å²) in [4.78, 5) is 25.1. The zero-order chi connectivity index (χ0) is 23.4. The van der Waals surface area contributed by atoms with Crippen molar-refractivity contribution in [2.45, 2.75) is 13.2 Å². The molecule has 8 nitrogen and oxygen atoms in total. The van der Waals surface area contributed by atoms with Gasteiger partial charge in [0.1, 0.15) is 24.7 Å². The summed E-state index contributed by atoms with van der Waals surface area (Å²) < 4.78 is 23.5. The van der Waals surface area contributed by atoms with Crippen LogP contribution in [0.15, 0.2) is 70.3 Å². The van der Waals surface area contributed by atoms with Crippen LogP contribution >= 0.6 is 0 Å². The number of methoxy groups -OCH3 is 2. The molecule has 0 radical (unpaired) electrons. The SMILES string of the molecule is COc1ccc(COc2cc3c(=O)[nH]n(C)c(=O)c3cc2OCc2ccc(OC)cc2)cc1. The van der Waals surface area contributed by atoms with Crippen molar-refractivity contribution in [3.63, 3.8) is 0 Å². The number of H-pyrrole nitrogens is 1. The Morgan fingerprint density at radius 3 is 1.64 bits per heavy atom. The minimum Gasteiger partial charge on any atom is -0.497 e. The Morgan fingerprint density at radius 1 is 0.727 bits per heavy atom. The molecule has 0 unspecified atom stereocenters. The quantitative estimate of drug-likeness (QED) is 0.444. The highest BCUT2D eigenvalue weighted by atomic mass is 16.5. The number of nitrogens with one attached hydrogen (secondary N) is 1. The molecule has 0 saturated heterocycles. The molecule has 0 aliphatic rings. The third kappa shape index (κ3) is 4.85. The van der Waals surface area contributed by atoms with Crippen LogP contribution in [0.3, 0.4) is 0 Å². The van der Waals surface area contributed by atoms with Gasteiger partial charge in [0.05, 0.1) is 25.0 Å². The number of aromatic amines is 1. The van der Waals surface area contributed by atoms with Crippen LogP contribution in [0.5, 0.6) is 23.0 Å². The number of aromatic nitrogens is 2. The molecule has 0 fully saturated rings. The maximum atomic E-state index is 12.6. The maximum absolute atomic E-state index is 12.6. The summed E-state index contributed by atoms with van der Waals surface area (Å²) in [6, 6.07) is 18.0. The average molecular weight is 448 g/mol. The molecule has 0 aliphatic carbocycles. The molecule has 1 aromatic heterocycles. The van der Waals surface area contributed by atoms with Crippen molar-refractivity contribution in [3.05, 3.63) is 92.5 Å². The fraction of sp³-hybridized carbons (Fsp3) is 0.200. The Balaban J connectivity index is 1.66. The van der Waals surface area contributed by atoms with E-state index in [0.29, 0.717) is 11.5 Å². The van der Waals surface area contributed by atoms with Gasteiger partial charge in [-0.05, 0) is 47.5 Å². The van der Waals surface area contributed by atoms with Gasteiger partial charge in [-0.25, -0.2) is 0 Å². The van der Waals surface area contributed by atoms with Crippen LogP contribution in [0.1, 0.15) is 11.1 Å². The molecule has 1 heterocycles. The van der Waals surface area contributed by atoms with Crippen molar-refractivity contribution in [1.82, 2.24) is 9.78 Å². The van der Waals surface area contributed by atoms with Gasteiger partial charge in [0, 0.05) is 7.05 Å². The molecule has 4 rings (SSSR count). The van der Waals surface area contributed by atoms with E-state index in [4.69, 9.17) is 18.9 Å². The molecular formula is C25H24N2O6. The summed E-state index contributed by atoms with van der Waals surface area (Å²) in [5.41, 5.74) is 1.11. The number of rotatable bonds is 8. The largest absolute Gasteiger partial charge is 0.497 e. The third-order valence-corrected chi connectivity index (χ3v) is 5.24. The van der Waals surface area contributed by atoms with Gasteiger partial charge >= 0.3 is 0 Å². The second kappa shape index (κ2) is 9.52. The normalized spacial score (nSPS) is 10.8. The first-order valence-electron chi connectivity index (χ1n) is 10.3. The number of fused-ring (bicyclic) bond motifs is 1. The number of hydrogen-bond donors (Lipinski definition) is 1. The Morgan fingerprint density at radius 2 is 1.18 bits per heavy atom.